The van der Waals surface area contributed by atoms with Crippen LogP contribution in [0.25, 0.3) is 0 Å². The molecule has 0 spiro atoms. The van der Waals surface area contributed by atoms with Crippen LogP contribution in [0.15, 0.2) is 72.0 Å². The number of hydrogen-bond donors (Lipinski definition) is 2. The Morgan fingerprint density at radius 1 is 0.955 bits per heavy atom. The van der Waals surface area contributed by atoms with Gasteiger partial charge in [-0.1, -0.05) is 104 Å². The van der Waals surface area contributed by atoms with E-state index in [9.17, 15) is 9.59 Å². The van der Waals surface area contributed by atoms with E-state index in [0.29, 0.717) is 17.9 Å². The van der Waals surface area contributed by atoms with Gasteiger partial charge in [0, 0.05) is 29.1 Å². The zero-order chi connectivity index (χ0) is 32.7. The summed E-state index contributed by atoms with van der Waals surface area (Å²) in [6, 6.07) is 14.5. The number of carbonyl (C=O) groups is 2. The number of rotatable bonds is 12. The molecule has 0 saturated carbocycles. The van der Waals surface area contributed by atoms with Crippen molar-refractivity contribution in [2.75, 3.05) is 29.9 Å². The Bertz CT molecular complexity index is 1160. The van der Waals surface area contributed by atoms with E-state index in [1.165, 1.54) is 31.2 Å². The summed E-state index contributed by atoms with van der Waals surface area (Å²) < 4.78 is 6.07. The van der Waals surface area contributed by atoms with Gasteiger partial charge in [-0.25, -0.2) is 0 Å². The SMILES string of the molecule is C/C=C1/CN(c2cc(C(=O)NC(C)C(=O)Nc3ccccc3)ccc2CCCCC)CCO/C1=C/CC.CC.CCCCC. The molecule has 1 fully saturated rings. The van der Waals surface area contributed by atoms with Crippen LogP contribution < -0.4 is 15.5 Å². The maximum atomic E-state index is 13.2. The number of ether oxygens (including phenoxy) is 1. The van der Waals surface area contributed by atoms with Gasteiger partial charge in [-0.15, -0.1) is 0 Å². The van der Waals surface area contributed by atoms with E-state index < -0.39 is 6.04 Å². The van der Waals surface area contributed by atoms with Crippen molar-refractivity contribution in [3.8, 4) is 0 Å². The molecule has 6 nitrogen and oxygen atoms in total. The monoisotopic (exact) mass is 605 g/mol. The highest BCUT2D eigenvalue weighted by atomic mass is 16.5. The molecule has 1 aliphatic heterocycles. The Kier molecular flexibility index (Phi) is 20.1. The zero-order valence-corrected chi connectivity index (χ0v) is 28.8. The predicted molar refractivity (Wildman–Crippen MR) is 189 cm³/mol. The molecule has 1 atom stereocenters. The zero-order valence-electron chi connectivity index (χ0n) is 28.8. The van der Waals surface area contributed by atoms with Gasteiger partial charge >= 0.3 is 0 Å². The summed E-state index contributed by atoms with van der Waals surface area (Å²) in [6.45, 7) is 18.5. The molecule has 3 rings (SSSR count). The molecular formula is C38H59N3O3. The van der Waals surface area contributed by atoms with E-state index in [-0.39, 0.29) is 11.8 Å². The molecule has 2 aromatic rings. The van der Waals surface area contributed by atoms with Gasteiger partial charge in [-0.3, -0.25) is 9.59 Å². The van der Waals surface area contributed by atoms with Gasteiger partial charge in [-0.2, -0.15) is 0 Å². The number of nitrogens with zero attached hydrogens (tertiary/aromatic N) is 1. The van der Waals surface area contributed by atoms with E-state index in [4.69, 9.17) is 4.74 Å². The highest BCUT2D eigenvalue weighted by molar-refractivity contribution is 6.01. The van der Waals surface area contributed by atoms with Crippen LogP contribution in [0.3, 0.4) is 0 Å². The summed E-state index contributed by atoms with van der Waals surface area (Å²) >= 11 is 0. The second-order valence-corrected chi connectivity index (χ2v) is 10.8. The summed E-state index contributed by atoms with van der Waals surface area (Å²) in [6.07, 6.45) is 13.6. The van der Waals surface area contributed by atoms with E-state index in [1.807, 2.05) is 63.2 Å². The van der Waals surface area contributed by atoms with E-state index in [0.717, 1.165) is 55.8 Å². The Hall–Kier alpha value is -3.54. The lowest BCUT2D eigenvalue weighted by Gasteiger charge is -2.26. The van der Waals surface area contributed by atoms with Crippen molar-refractivity contribution in [3.05, 3.63) is 83.1 Å². The Balaban J connectivity index is 0.00000125. The first-order valence-electron chi connectivity index (χ1n) is 16.9. The molecular weight excluding hydrogens is 546 g/mol. The Labute approximate surface area is 268 Å². The molecule has 44 heavy (non-hydrogen) atoms. The van der Waals surface area contributed by atoms with Crippen molar-refractivity contribution in [2.45, 2.75) is 113 Å². The number of unbranched alkanes of at least 4 members (excludes halogenated alkanes) is 4. The molecule has 2 amide bonds. The molecule has 0 aromatic heterocycles. The van der Waals surface area contributed by atoms with Gasteiger partial charge in [0.05, 0.1) is 6.54 Å². The van der Waals surface area contributed by atoms with Gasteiger partial charge in [0.25, 0.3) is 5.91 Å². The van der Waals surface area contributed by atoms with E-state index in [2.05, 4.69) is 61.4 Å². The van der Waals surface area contributed by atoms with Crippen LogP contribution in [0.5, 0.6) is 0 Å². The fraction of sp³-hybridized carbons (Fsp3) is 0.526. The molecule has 1 heterocycles. The molecule has 0 bridgehead atoms. The fourth-order valence-corrected chi connectivity index (χ4v) is 4.78. The molecule has 6 heteroatoms. The van der Waals surface area contributed by atoms with Gasteiger partial charge in [-0.05, 0) is 69.0 Å². The molecule has 0 radical (unpaired) electrons. The lowest BCUT2D eigenvalue weighted by atomic mass is 10.0. The maximum Gasteiger partial charge on any atom is 0.251 e. The normalized spacial score (nSPS) is 15.1. The van der Waals surface area contributed by atoms with Crippen molar-refractivity contribution in [3.63, 3.8) is 0 Å². The van der Waals surface area contributed by atoms with Crippen molar-refractivity contribution >= 4 is 23.2 Å². The van der Waals surface area contributed by atoms with Gasteiger partial charge in [0.1, 0.15) is 18.4 Å². The highest BCUT2D eigenvalue weighted by Crippen LogP contribution is 2.29. The summed E-state index contributed by atoms with van der Waals surface area (Å²) in [4.78, 5) is 28.1. The summed E-state index contributed by atoms with van der Waals surface area (Å²) in [5.41, 5.74) is 4.70. The van der Waals surface area contributed by atoms with Crippen molar-refractivity contribution in [1.82, 2.24) is 5.32 Å². The van der Waals surface area contributed by atoms with Crippen LogP contribution in [0.1, 0.15) is 116 Å². The number of benzene rings is 2. The minimum Gasteiger partial charge on any atom is -0.492 e. The molecule has 0 aliphatic carbocycles. The molecule has 1 saturated heterocycles. The number of nitrogens with one attached hydrogen (secondary N) is 2. The van der Waals surface area contributed by atoms with Crippen molar-refractivity contribution < 1.29 is 14.3 Å². The highest BCUT2D eigenvalue weighted by Gasteiger charge is 2.22. The minimum atomic E-state index is -0.677. The van der Waals surface area contributed by atoms with Crippen LogP contribution in [0.4, 0.5) is 11.4 Å². The largest absolute Gasteiger partial charge is 0.492 e. The fourth-order valence-electron chi connectivity index (χ4n) is 4.78. The van der Waals surface area contributed by atoms with Crippen LogP contribution >= 0.6 is 0 Å². The standard InChI is InChI=1S/C31H41N3O3.C5H12.C2H6/c1-5-8-10-14-25-17-18-26(31(36)32-23(4)30(35)33-27-15-11-9-12-16-27)21-28(25)34-19-20-37-29(13-6-2)24(7-3)22-34;1-3-5-4-2;1-2/h7,9,11-13,15-18,21,23H,5-6,8,10,14,19-20,22H2,1-4H3,(H,32,36)(H,33,35);3-5H2,1-2H3;1-2H3/b24-7-,29-13+;;. The molecule has 2 N–H and O–H groups in total. The summed E-state index contributed by atoms with van der Waals surface area (Å²) in [5, 5.41) is 5.70. The summed E-state index contributed by atoms with van der Waals surface area (Å²) in [7, 11) is 0. The van der Waals surface area contributed by atoms with Crippen molar-refractivity contribution in [1.29, 1.82) is 0 Å². The summed E-state index contributed by atoms with van der Waals surface area (Å²) in [5.74, 6) is 0.432. The number of amides is 2. The number of aryl methyl sites for hydroxylation is 1. The minimum absolute atomic E-state index is 0.256. The Morgan fingerprint density at radius 3 is 2.23 bits per heavy atom. The average molecular weight is 606 g/mol. The van der Waals surface area contributed by atoms with E-state index >= 15 is 0 Å². The third kappa shape index (κ3) is 13.4. The van der Waals surface area contributed by atoms with Crippen molar-refractivity contribution in [2.24, 2.45) is 0 Å². The molecule has 1 unspecified atom stereocenters. The van der Waals surface area contributed by atoms with Gasteiger partial charge < -0.3 is 20.3 Å². The lowest BCUT2D eigenvalue weighted by Crippen LogP contribution is -2.41. The van der Waals surface area contributed by atoms with Gasteiger partial charge in [0.2, 0.25) is 5.91 Å². The number of allylic oxidation sites excluding steroid dienone is 2. The predicted octanol–water partition coefficient (Wildman–Crippen LogP) is 9.48. The van der Waals surface area contributed by atoms with Crippen LogP contribution in [0.2, 0.25) is 0 Å². The van der Waals surface area contributed by atoms with Gasteiger partial charge in [0.15, 0.2) is 0 Å². The molecule has 1 aliphatic rings. The quantitative estimate of drug-likeness (QED) is 0.236. The molecule has 244 valence electrons. The average Bonchev–Trinajstić information content (AvgIpc) is 3.25. The maximum absolute atomic E-state index is 13.2. The number of anilines is 2. The second kappa shape index (κ2) is 22.9. The second-order valence-electron chi connectivity index (χ2n) is 10.8. The van der Waals surface area contributed by atoms with E-state index in [1.54, 1.807) is 6.92 Å². The third-order valence-corrected chi connectivity index (χ3v) is 7.26. The smallest absolute Gasteiger partial charge is 0.251 e. The number of hydrogen-bond acceptors (Lipinski definition) is 4. The Morgan fingerprint density at radius 2 is 1.64 bits per heavy atom. The van der Waals surface area contributed by atoms with Crippen LogP contribution in [-0.2, 0) is 16.0 Å². The van der Waals surface area contributed by atoms with Crippen LogP contribution in [-0.4, -0.2) is 37.6 Å². The van der Waals surface area contributed by atoms with Crippen LogP contribution in [0, 0.1) is 0 Å². The first kappa shape index (κ1) is 38.5. The topological polar surface area (TPSA) is 70.7 Å². The third-order valence-electron chi connectivity index (χ3n) is 7.26. The number of para-hydroxylation sites is 1. The first-order valence-corrected chi connectivity index (χ1v) is 16.9. The number of carbonyl (C=O) groups excluding carboxylic acids is 2. The lowest BCUT2D eigenvalue weighted by molar-refractivity contribution is -0.117. The first-order chi connectivity index (χ1) is 21.4. The molecule has 2 aromatic carbocycles.